The van der Waals surface area contributed by atoms with E-state index in [9.17, 15) is 9.59 Å². The topological polar surface area (TPSA) is 91.3 Å². The van der Waals surface area contributed by atoms with Crippen LogP contribution in [-0.4, -0.2) is 46.1 Å². The van der Waals surface area contributed by atoms with Crippen molar-refractivity contribution in [2.75, 3.05) is 18.1 Å². The van der Waals surface area contributed by atoms with E-state index >= 15 is 0 Å². The molecule has 108 valence electrons. The second-order valence-electron chi connectivity index (χ2n) is 4.55. The van der Waals surface area contributed by atoms with Gasteiger partial charge in [0.1, 0.15) is 0 Å². The summed E-state index contributed by atoms with van der Waals surface area (Å²) in [6, 6.07) is 3.11. The number of carboxylic acid groups (broad SMARTS) is 1. The molecule has 6 nitrogen and oxygen atoms in total. The van der Waals surface area contributed by atoms with E-state index in [1.54, 1.807) is 0 Å². The molecule has 0 bridgehead atoms. The van der Waals surface area contributed by atoms with Crippen molar-refractivity contribution in [3.8, 4) is 0 Å². The number of amides is 1. The molecule has 1 aromatic rings. The molecule has 0 aliphatic carbocycles. The predicted molar refractivity (Wildman–Crippen MR) is 76.8 cm³/mol. The smallest absolute Gasteiger partial charge is 0.335 e. The molecule has 3 N–H and O–H groups in total. The first-order valence-electron chi connectivity index (χ1n) is 6.41. The monoisotopic (exact) mass is 295 g/mol. The van der Waals surface area contributed by atoms with E-state index in [0.29, 0.717) is 12.1 Å². The molecule has 0 aromatic carbocycles. The van der Waals surface area contributed by atoms with Crippen LogP contribution in [0.1, 0.15) is 22.5 Å². The first kappa shape index (κ1) is 14.8. The molecule has 1 aliphatic heterocycles. The number of nitrogens with zero attached hydrogens (tertiary/aromatic N) is 1. The Bertz CT molecular complexity index is 490. The van der Waals surface area contributed by atoms with Gasteiger partial charge in [-0.2, -0.15) is 11.8 Å². The van der Waals surface area contributed by atoms with Gasteiger partial charge < -0.3 is 15.7 Å². The lowest BCUT2D eigenvalue weighted by molar-refractivity contribution is -0.121. The van der Waals surface area contributed by atoms with Crippen LogP contribution in [0.15, 0.2) is 18.3 Å². The van der Waals surface area contributed by atoms with Crippen LogP contribution < -0.4 is 10.6 Å². The third-order valence-corrected chi connectivity index (χ3v) is 4.09. The van der Waals surface area contributed by atoms with Crippen LogP contribution in [0, 0.1) is 0 Å². The summed E-state index contributed by atoms with van der Waals surface area (Å²) in [6.45, 7) is 1.19. The van der Waals surface area contributed by atoms with Crippen molar-refractivity contribution < 1.29 is 14.7 Å². The number of carbonyl (C=O) groups excluding carboxylic acids is 1. The molecule has 1 amide bonds. The summed E-state index contributed by atoms with van der Waals surface area (Å²) < 4.78 is 0. The van der Waals surface area contributed by atoms with Crippen LogP contribution in [0.25, 0.3) is 0 Å². The van der Waals surface area contributed by atoms with Crippen LogP contribution >= 0.6 is 11.8 Å². The molecule has 7 heteroatoms. The van der Waals surface area contributed by atoms with Gasteiger partial charge in [0.15, 0.2) is 0 Å². The van der Waals surface area contributed by atoms with Crippen molar-refractivity contribution >= 4 is 23.6 Å². The van der Waals surface area contributed by atoms with Gasteiger partial charge in [-0.05, 0) is 12.1 Å². The zero-order valence-electron chi connectivity index (χ0n) is 11.0. The molecule has 2 rings (SSSR count). The maximum atomic E-state index is 11.8. The van der Waals surface area contributed by atoms with Crippen LogP contribution in [0.2, 0.25) is 0 Å². The number of aromatic carboxylic acids is 1. The molecule has 1 atom stereocenters. The Morgan fingerprint density at radius 1 is 1.55 bits per heavy atom. The van der Waals surface area contributed by atoms with Crippen molar-refractivity contribution in [2.45, 2.75) is 19.0 Å². The minimum absolute atomic E-state index is 0.0486. The van der Waals surface area contributed by atoms with Crippen LogP contribution in [0.4, 0.5) is 0 Å². The lowest BCUT2D eigenvalue weighted by atomic mass is 10.2. The Balaban J connectivity index is 1.80. The minimum Gasteiger partial charge on any atom is -0.478 e. The van der Waals surface area contributed by atoms with Gasteiger partial charge in [-0.3, -0.25) is 9.78 Å². The SMILES string of the molecule is O=C(CC1CSCCN1)NCc1cc(C(=O)O)ccn1. The Kier molecular flexibility index (Phi) is 5.37. The molecule has 20 heavy (non-hydrogen) atoms. The standard InChI is InChI=1S/C13H17N3O3S/c17-12(6-11-8-20-4-3-15-11)16-7-10-5-9(13(18)19)1-2-14-10/h1-2,5,11,15H,3-4,6-8H2,(H,16,17)(H,18,19). The fourth-order valence-electron chi connectivity index (χ4n) is 1.94. The maximum Gasteiger partial charge on any atom is 0.335 e. The second kappa shape index (κ2) is 7.25. The highest BCUT2D eigenvalue weighted by Gasteiger charge is 2.16. The Morgan fingerprint density at radius 2 is 2.40 bits per heavy atom. The van der Waals surface area contributed by atoms with Crippen LogP contribution in [0.3, 0.4) is 0 Å². The van der Waals surface area contributed by atoms with Crippen molar-refractivity contribution in [1.29, 1.82) is 0 Å². The number of rotatable bonds is 5. The summed E-state index contributed by atoms with van der Waals surface area (Å²) in [5.41, 5.74) is 0.721. The number of nitrogens with one attached hydrogen (secondary N) is 2. The van der Waals surface area contributed by atoms with Crippen molar-refractivity contribution in [3.63, 3.8) is 0 Å². The third kappa shape index (κ3) is 4.50. The molecule has 1 fully saturated rings. The number of hydrogen-bond donors (Lipinski definition) is 3. The summed E-state index contributed by atoms with van der Waals surface area (Å²) in [5, 5.41) is 14.9. The molecule has 0 spiro atoms. The Labute approximate surface area is 121 Å². The third-order valence-electron chi connectivity index (χ3n) is 2.96. The molecule has 1 saturated heterocycles. The van der Waals surface area contributed by atoms with Crippen molar-refractivity contribution in [2.24, 2.45) is 0 Å². The Morgan fingerprint density at radius 3 is 3.10 bits per heavy atom. The average Bonchev–Trinajstić information content (AvgIpc) is 2.46. The molecule has 1 unspecified atom stereocenters. The lowest BCUT2D eigenvalue weighted by Crippen LogP contribution is -2.41. The zero-order valence-corrected chi connectivity index (χ0v) is 11.8. The molecular formula is C13H17N3O3S. The van der Waals surface area contributed by atoms with Crippen LogP contribution in [-0.2, 0) is 11.3 Å². The number of carboxylic acids is 1. The first-order valence-corrected chi connectivity index (χ1v) is 7.56. The number of hydrogen-bond acceptors (Lipinski definition) is 5. The molecule has 2 heterocycles. The van der Waals surface area contributed by atoms with Gasteiger partial charge in [0.2, 0.25) is 5.91 Å². The molecular weight excluding hydrogens is 278 g/mol. The summed E-state index contributed by atoms with van der Waals surface area (Å²) in [7, 11) is 0. The zero-order chi connectivity index (χ0) is 14.4. The average molecular weight is 295 g/mol. The van der Waals surface area contributed by atoms with Gasteiger partial charge in [-0.25, -0.2) is 4.79 Å². The summed E-state index contributed by atoms with van der Waals surface area (Å²) >= 11 is 1.84. The van der Waals surface area contributed by atoms with Gasteiger partial charge in [-0.1, -0.05) is 0 Å². The van der Waals surface area contributed by atoms with Gasteiger partial charge >= 0.3 is 5.97 Å². The van der Waals surface area contributed by atoms with Crippen molar-refractivity contribution in [1.82, 2.24) is 15.6 Å². The maximum absolute atomic E-state index is 11.8. The highest BCUT2D eigenvalue weighted by Crippen LogP contribution is 2.10. The fourth-order valence-corrected chi connectivity index (χ4v) is 2.89. The minimum atomic E-state index is -0.997. The highest BCUT2D eigenvalue weighted by atomic mass is 32.2. The Hall–Kier alpha value is -1.60. The fraction of sp³-hybridized carbons (Fsp3) is 0.462. The van der Waals surface area contributed by atoms with E-state index in [1.165, 1.54) is 18.3 Å². The number of thioether (sulfide) groups is 1. The van der Waals surface area contributed by atoms with E-state index in [-0.39, 0.29) is 24.1 Å². The van der Waals surface area contributed by atoms with E-state index in [4.69, 9.17) is 5.11 Å². The summed E-state index contributed by atoms with van der Waals surface area (Å²) in [6.07, 6.45) is 1.87. The van der Waals surface area contributed by atoms with Gasteiger partial charge in [0.05, 0.1) is 17.8 Å². The van der Waals surface area contributed by atoms with Crippen LogP contribution in [0.5, 0.6) is 0 Å². The van der Waals surface area contributed by atoms with E-state index < -0.39 is 5.97 Å². The highest BCUT2D eigenvalue weighted by molar-refractivity contribution is 7.99. The van der Waals surface area contributed by atoms with Gasteiger partial charge in [0, 0.05) is 36.7 Å². The molecule has 0 radical (unpaired) electrons. The van der Waals surface area contributed by atoms with Crippen molar-refractivity contribution in [3.05, 3.63) is 29.6 Å². The first-order chi connectivity index (χ1) is 9.65. The van der Waals surface area contributed by atoms with E-state index in [0.717, 1.165) is 18.1 Å². The number of aromatic nitrogens is 1. The quantitative estimate of drug-likeness (QED) is 0.732. The summed E-state index contributed by atoms with van der Waals surface area (Å²) in [4.78, 5) is 26.7. The molecule has 1 aromatic heterocycles. The van der Waals surface area contributed by atoms with Gasteiger partial charge in [-0.15, -0.1) is 0 Å². The normalized spacial score (nSPS) is 18.5. The molecule has 0 saturated carbocycles. The lowest BCUT2D eigenvalue weighted by Gasteiger charge is -2.22. The second-order valence-corrected chi connectivity index (χ2v) is 5.70. The number of pyridine rings is 1. The summed E-state index contributed by atoms with van der Waals surface area (Å²) in [5.74, 6) is 0.987. The van der Waals surface area contributed by atoms with Gasteiger partial charge in [0.25, 0.3) is 0 Å². The number of carbonyl (C=O) groups is 2. The van der Waals surface area contributed by atoms with E-state index in [1.807, 2.05) is 11.8 Å². The molecule has 1 aliphatic rings. The largest absolute Gasteiger partial charge is 0.478 e. The van der Waals surface area contributed by atoms with E-state index in [2.05, 4.69) is 15.6 Å². The predicted octanol–water partition coefficient (Wildman–Crippen LogP) is 0.491.